The predicted molar refractivity (Wildman–Crippen MR) is 66.2 cm³/mol. The molecule has 4 heteroatoms. The minimum absolute atomic E-state index is 0.329. The molecule has 0 aromatic heterocycles. The van der Waals surface area contributed by atoms with Crippen LogP contribution in [-0.2, 0) is 9.84 Å². The molecule has 1 atom stereocenters. The Balaban J connectivity index is 1.84. The van der Waals surface area contributed by atoms with Crippen molar-refractivity contribution >= 4 is 9.84 Å². The Morgan fingerprint density at radius 2 is 1.81 bits per heavy atom. The van der Waals surface area contributed by atoms with E-state index in [4.69, 9.17) is 0 Å². The molecule has 1 saturated heterocycles. The molecule has 1 N–H and O–H groups in total. The van der Waals surface area contributed by atoms with Crippen LogP contribution in [0.4, 0.5) is 0 Å². The zero-order valence-electron chi connectivity index (χ0n) is 10.3. The minimum Gasteiger partial charge on any atom is -0.309 e. The van der Waals surface area contributed by atoms with Crippen LogP contribution in [0.3, 0.4) is 0 Å². The van der Waals surface area contributed by atoms with Crippen LogP contribution in [0.25, 0.3) is 0 Å². The van der Waals surface area contributed by atoms with Crippen molar-refractivity contribution in [2.75, 3.05) is 11.5 Å². The number of rotatable bonds is 3. The van der Waals surface area contributed by atoms with Gasteiger partial charge in [-0.2, -0.15) is 0 Å². The zero-order chi connectivity index (χ0) is 11.8. The summed E-state index contributed by atoms with van der Waals surface area (Å²) in [7, 11) is -2.71. The molecular weight excluding hydrogens is 222 g/mol. The first kappa shape index (κ1) is 12.4. The lowest BCUT2D eigenvalue weighted by Gasteiger charge is -2.44. The van der Waals surface area contributed by atoms with Crippen molar-refractivity contribution in [2.45, 2.75) is 57.5 Å². The maximum Gasteiger partial charge on any atom is 0.150 e. The van der Waals surface area contributed by atoms with Crippen LogP contribution in [-0.4, -0.2) is 31.5 Å². The van der Waals surface area contributed by atoms with Gasteiger partial charge in [0.2, 0.25) is 0 Å². The van der Waals surface area contributed by atoms with Crippen molar-refractivity contribution in [1.82, 2.24) is 5.32 Å². The molecule has 1 aliphatic heterocycles. The van der Waals surface area contributed by atoms with Crippen molar-refractivity contribution in [3.05, 3.63) is 0 Å². The smallest absolute Gasteiger partial charge is 0.150 e. The van der Waals surface area contributed by atoms with Crippen molar-refractivity contribution in [3.63, 3.8) is 0 Å². The van der Waals surface area contributed by atoms with E-state index in [-0.39, 0.29) is 0 Å². The molecule has 2 rings (SSSR count). The first-order chi connectivity index (χ1) is 7.40. The monoisotopic (exact) mass is 245 g/mol. The second-order valence-corrected chi connectivity index (χ2v) is 8.14. The van der Waals surface area contributed by atoms with Crippen molar-refractivity contribution < 1.29 is 8.42 Å². The van der Waals surface area contributed by atoms with Gasteiger partial charge >= 0.3 is 0 Å². The van der Waals surface area contributed by atoms with E-state index in [1.165, 1.54) is 19.3 Å². The third-order valence-electron chi connectivity index (χ3n) is 4.34. The van der Waals surface area contributed by atoms with Gasteiger partial charge in [-0.05, 0) is 51.9 Å². The quantitative estimate of drug-likeness (QED) is 0.823. The van der Waals surface area contributed by atoms with Crippen molar-refractivity contribution in [1.29, 1.82) is 0 Å². The maximum absolute atomic E-state index is 11.4. The average molecular weight is 245 g/mol. The van der Waals surface area contributed by atoms with Gasteiger partial charge in [0.25, 0.3) is 0 Å². The largest absolute Gasteiger partial charge is 0.309 e. The highest BCUT2D eigenvalue weighted by molar-refractivity contribution is 7.91. The molecule has 1 saturated carbocycles. The fourth-order valence-electron chi connectivity index (χ4n) is 2.93. The Labute approximate surface area is 98.9 Å². The Hall–Kier alpha value is -0.0900. The summed E-state index contributed by atoms with van der Waals surface area (Å²) < 4.78 is 22.7. The first-order valence-corrected chi connectivity index (χ1v) is 8.21. The van der Waals surface area contributed by atoms with Crippen LogP contribution in [0.15, 0.2) is 0 Å². The van der Waals surface area contributed by atoms with Gasteiger partial charge in [0.15, 0.2) is 0 Å². The number of hydrogen-bond donors (Lipinski definition) is 1. The third-order valence-corrected chi connectivity index (χ3v) is 6.06. The van der Waals surface area contributed by atoms with Crippen LogP contribution in [0.1, 0.15) is 46.0 Å². The van der Waals surface area contributed by atoms with Gasteiger partial charge in [-0.15, -0.1) is 0 Å². The summed E-state index contributed by atoms with van der Waals surface area (Å²) >= 11 is 0. The van der Waals surface area contributed by atoms with E-state index in [0.29, 0.717) is 29.0 Å². The predicted octanol–water partition coefficient (Wildman–Crippen LogP) is 1.73. The molecule has 0 spiro atoms. The molecule has 2 fully saturated rings. The number of hydrogen-bond acceptors (Lipinski definition) is 3. The summed E-state index contributed by atoms with van der Waals surface area (Å²) in [6.45, 7) is 4.50. The highest BCUT2D eigenvalue weighted by Crippen LogP contribution is 2.33. The van der Waals surface area contributed by atoms with Gasteiger partial charge in [0.05, 0.1) is 11.5 Å². The normalized spacial score (nSPS) is 30.6. The van der Waals surface area contributed by atoms with E-state index in [0.717, 1.165) is 12.8 Å². The summed E-state index contributed by atoms with van der Waals surface area (Å²) in [5.41, 5.74) is 0.329. The molecule has 3 nitrogen and oxygen atoms in total. The molecule has 2 aliphatic rings. The highest BCUT2D eigenvalue weighted by Gasteiger charge is 2.35. The van der Waals surface area contributed by atoms with Gasteiger partial charge in [-0.25, -0.2) is 8.42 Å². The van der Waals surface area contributed by atoms with Crippen molar-refractivity contribution in [3.8, 4) is 0 Å². The third kappa shape index (κ3) is 2.77. The fraction of sp³-hybridized carbons (Fsp3) is 1.00. The lowest BCUT2D eigenvalue weighted by molar-refractivity contribution is 0.163. The average Bonchev–Trinajstić information content (AvgIpc) is 2.15. The molecule has 0 aromatic carbocycles. The van der Waals surface area contributed by atoms with Gasteiger partial charge in [-0.3, -0.25) is 0 Å². The van der Waals surface area contributed by atoms with Gasteiger partial charge in [0, 0.05) is 11.6 Å². The van der Waals surface area contributed by atoms with E-state index in [2.05, 4.69) is 19.2 Å². The fourth-order valence-corrected chi connectivity index (χ4v) is 4.46. The summed E-state index contributed by atoms with van der Waals surface area (Å²) in [4.78, 5) is 0. The van der Waals surface area contributed by atoms with Gasteiger partial charge in [0.1, 0.15) is 9.84 Å². The molecule has 1 aliphatic carbocycles. The second-order valence-electron chi connectivity index (χ2n) is 5.84. The standard InChI is InChI=1S/C12H23NO2S/c1-10(13-12(2)6-3-7-12)11-4-8-16(14,15)9-5-11/h10-11,13H,3-9H2,1-2H3. The van der Waals surface area contributed by atoms with E-state index in [9.17, 15) is 8.42 Å². The number of nitrogens with one attached hydrogen (secondary N) is 1. The molecule has 0 amide bonds. The molecular formula is C12H23NO2S. The zero-order valence-corrected chi connectivity index (χ0v) is 11.1. The maximum atomic E-state index is 11.4. The summed E-state index contributed by atoms with van der Waals surface area (Å²) in [5, 5.41) is 3.69. The highest BCUT2D eigenvalue weighted by atomic mass is 32.2. The molecule has 1 heterocycles. The molecule has 94 valence electrons. The summed E-state index contributed by atoms with van der Waals surface area (Å²) in [6, 6.07) is 0.459. The number of sulfone groups is 1. The summed E-state index contributed by atoms with van der Waals surface area (Å²) in [5.74, 6) is 1.32. The molecule has 1 unspecified atom stereocenters. The van der Waals surface area contributed by atoms with Crippen molar-refractivity contribution in [2.24, 2.45) is 5.92 Å². The lowest BCUT2D eigenvalue weighted by Crippen LogP contribution is -2.54. The van der Waals surface area contributed by atoms with Crippen LogP contribution in [0.5, 0.6) is 0 Å². The van der Waals surface area contributed by atoms with Gasteiger partial charge < -0.3 is 5.32 Å². The van der Waals surface area contributed by atoms with E-state index in [1.807, 2.05) is 0 Å². The van der Waals surface area contributed by atoms with Crippen LogP contribution >= 0.6 is 0 Å². The van der Waals surface area contributed by atoms with Crippen LogP contribution in [0, 0.1) is 5.92 Å². The SMILES string of the molecule is CC(NC1(C)CCC1)C1CCS(=O)(=O)CC1. The molecule has 16 heavy (non-hydrogen) atoms. The van der Waals surface area contributed by atoms with Gasteiger partial charge in [-0.1, -0.05) is 0 Å². The van der Waals surface area contributed by atoms with E-state index < -0.39 is 9.84 Å². The topological polar surface area (TPSA) is 46.2 Å². The van der Waals surface area contributed by atoms with E-state index in [1.54, 1.807) is 0 Å². The summed E-state index contributed by atoms with van der Waals surface area (Å²) in [6.07, 6.45) is 5.54. The Morgan fingerprint density at radius 3 is 2.25 bits per heavy atom. The van der Waals surface area contributed by atoms with Crippen LogP contribution in [0.2, 0.25) is 0 Å². The Bertz CT molecular complexity index is 332. The minimum atomic E-state index is -2.71. The molecule has 0 bridgehead atoms. The Kier molecular flexibility index (Phi) is 3.32. The Morgan fingerprint density at radius 1 is 1.25 bits per heavy atom. The lowest BCUT2D eigenvalue weighted by atomic mass is 9.77. The van der Waals surface area contributed by atoms with Crippen LogP contribution < -0.4 is 5.32 Å². The molecule has 0 aromatic rings. The van der Waals surface area contributed by atoms with E-state index >= 15 is 0 Å². The first-order valence-electron chi connectivity index (χ1n) is 6.38. The second kappa shape index (κ2) is 4.30. The molecule has 0 radical (unpaired) electrons.